The fraction of sp³-hybridized carbons (Fsp3) is 0.200. The molecular weight excluding hydrogens is 299 g/mol. The highest BCUT2D eigenvalue weighted by atomic mass is 35.5. The number of halogens is 2. The SMILES string of the molecule is COc1cc(C(O)c2cccc(Cl)c2)cc(Cl)c1OC. The third-order valence-electron chi connectivity index (χ3n) is 2.94. The molecule has 0 aliphatic rings. The van der Waals surface area contributed by atoms with Gasteiger partial charge < -0.3 is 14.6 Å². The molecule has 3 nitrogen and oxygen atoms in total. The van der Waals surface area contributed by atoms with Crippen molar-refractivity contribution in [3.63, 3.8) is 0 Å². The lowest BCUT2D eigenvalue weighted by atomic mass is 10.0. The van der Waals surface area contributed by atoms with Crippen LogP contribution in [0.15, 0.2) is 36.4 Å². The van der Waals surface area contributed by atoms with Gasteiger partial charge in [-0.3, -0.25) is 0 Å². The van der Waals surface area contributed by atoms with Crippen LogP contribution in [0.2, 0.25) is 10.0 Å². The molecule has 0 aliphatic heterocycles. The second kappa shape index (κ2) is 6.35. The molecule has 0 fully saturated rings. The van der Waals surface area contributed by atoms with Crippen LogP contribution in [0, 0.1) is 0 Å². The molecule has 0 spiro atoms. The van der Waals surface area contributed by atoms with Gasteiger partial charge in [-0.15, -0.1) is 0 Å². The van der Waals surface area contributed by atoms with Crippen molar-refractivity contribution in [1.82, 2.24) is 0 Å². The summed E-state index contributed by atoms with van der Waals surface area (Å²) in [6.07, 6.45) is -0.842. The highest BCUT2D eigenvalue weighted by Gasteiger charge is 2.17. The van der Waals surface area contributed by atoms with E-state index in [1.807, 2.05) is 0 Å². The zero-order valence-electron chi connectivity index (χ0n) is 11.1. The van der Waals surface area contributed by atoms with Crippen molar-refractivity contribution in [1.29, 1.82) is 0 Å². The Kier molecular flexibility index (Phi) is 4.76. The van der Waals surface area contributed by atoms with Gasteiger partial charge in [0.05, 0.1) is 19.2 Å². The summed E-state index contributed by atoms with van der Waals surface area (Å²) in [5, 5.41) is 11.4. The lowest BCUT2D eigenvalue weighted by Gasteiger charge is -2.16. The summed E-state index contributed by atoms with van der Waals surface area (Å²) in [6.45, 7) is 0. The number of benzene rings is 2. The molecule has 0 saturated carbocycles. The Morgan fingerprint density at radius 3 is 2.35 bits per heavy atom. The zero-order chi connectivity index (χ0) is 14.7. The second-order valence-corrected chi connectivity index (χ2v) is 5.04. The molecule has 1 atom stereocenters. The predicted molar refractivity (Wildman–Crippen MR) is 80.1 cm³/mol. The summed E-state index contributed by atoms with van der Waals surface area (Å²) < 4.78 is 10.4. The van der Waals surface area contributed by atoms with Gasteiger partial charge in [-0.25, -0.2) is 0 Å². The minimum absolute atomic E-state index is 0.378. The Hall–Kier alpha value is -1.42. The standard InChI is InChI=1S/C15H14Cl2O3/c1-19-13-8-10(7-12(17)15(13)20-2)14(18)9-4-3-5-11(16)6-9/h3-8,14,18H,1-2H3. The normalized spacial score (nSPS) is 12.1. The Bertz CT molecular complexity index is 614. The van der Waals surface area contributed by atoms with Gasteiger partial charge in [0.15, 0.2) is 11.5 Å². The Morgan fingerprint density at radius 1 is 1.00 bits per heavy atom. The monoisotopic (exact) mass is 312 g/mol. The average molecular weight is 313 g/mol. The van der Waals surface area contributed by atoms with Crippen LogP contribution < -0.4 is 9.47 Å². The van der Waals surface area contributed by atoms with Crippen molar-refractivity contribution in [2.45, 2.75) is 6.10 Å². The Morgan fingerprint density at radius 2 is 1.75 bits per heavy atom. The summed E-state index contributed by atoms with van der Waals surface area (Å²) in [6, 6.07) is 10.4. The van der Waals surface area contributed by atoms with Gasteiger partial charge in [-0.05, 0) is 35.4 Å². The second-order valence-electron chi connectivity index (χ2n) is 4.20. The van der Waals surface area contributed by atoms with Gasteiger partial charge in [0.1, 0.15) is 6.10 Å². The van der Waals surface area contributed by atoms with E-state index in [4.69, 9.17) is 32.7 Å². The number of methoxy groups -OCH3 is 2. The van der Waals surface area contributed by atoms with E-state index in [9.17, 15) is 5.11 Å². The molecule has 2 aromatic rings. The van der Waals surface area contributed by atoms with Crippen LogP contribution in [0.25, 0.3) is 0 Å². The van der Waals surface area contributed by atoms with Gasteiger partial charge in [0.2, 0.25) is 0 Å². The minimum Gasteiger partial charge on any atom is -0.493 e. The van der Waals surface area contributed by atoms with E-state index in [2.05, 4.69) is 0 Å². The van der Waals surface area contributed by atoms with Crippen molar-refractivity contribution in [3.05, 3.63) is 57.6 Å². The first-order chi connectivity index (χ1) is 9.56. The number of aliphatic hydroxyl groups excluding tert-OH is 1. The van der Waals surface area contributed by atoms with E-state index >= 15 is 0 Å². The van der Waals surface area contributed by atoms with E-state index in [1.165, 1.54) is 14.2 Å². The van der Waals surface area contributed by atoms with Crippen molar-refractivity contribution in [2.75, 3.05) is 14.2 Å². The molecule has 5 heteroatoms. The van der Waals surface area contributed by atoms with Crippen LogP contribution in [-0.4, -0.2) is 19.3 Å². The Balaban J connectivity index is 2.45. The van der Waals surface area contributed by atoms with Crippen LogP contribution >= 0.6 is 23.2 Å². The molecule has 2 rings (SSSR count). The quantitative estimate of drug-likeness (QED) is 0.924. The molecule has 0 radical (unpaired) electrons. The maximum Gasteiger partial charge on any atom is 0.179 e. The van der Waals surface area contributed by atoms with Crippen LogP contribution in [-0.2, 0) is 0 Å². The maximum atomic E-state index is 10.4. The van der Waals surface area contributed by atoms with Crippen molar-refractivity contribution in [3.8, 4) is 11.5 Å². The highest BCUT2D eigenvalue weighted by Crippen LogP contribution is 2.38. The first kappa shape index (κ1) is 15.0. The van der Waals surface area contributed by atoms with Crippen molar-refractivity contribution >= 4 is 23.2 Å². The van der Waals surface area contributed by atoms with Crippen molar-refractivity contribution < 1.29 is 14.6 Å². The van der Waals surface area contributed by atoms with Crippen LogP contribution in [0.5, 0.6) is 11.5 Å². The molecular formula is C15H14Cl2O3. The third-order valence-corrected chi connectivity index (χ3v) is 3.45. The summed E-state index contributed by atoms with van der Waals surface area (Å²) in [5.41, 5.74) is 1.29. The van der Waals surface area contributed by atoms with Crippen molar-refractivity contribution in [2.24, 2.45) is 0 Å². The Labute approximate surface area is 127 Å². The number of aliphatic hydroxyl groups is 1. The number of hydrogen-bond donors (Lipinski definition) is 1. The van der Waals surface area contributed by atoms with E-state index in [-0.39, 0.29) is 0 Å². The fourth-order valence-electron chi connectivity index (χ4n) is 1.96. The molecule has 0 heterocycles. The molecule has 20 heavy (non-hydrogen) atoms. The molecule has 106 valence electrons. The van der Waals surface area contributed by atoms with Gasteiger partial charge in [0, 0.05) is 5.02 Å². The average Bonchev–Trinajstić information content (AvgIpc) is 2.45. The number of hydrogen-bond acceptors (Lipinski definition) is 3. The third kappa shape index (κ3) is 3.01. The molecule has 2 aromatic carbocycles. The summed E-state index contributed by atoms with van der Waals surface area (Å²) in [5.74, 6) is 0.910. The number of rotatable bonds is 4. The molecule has 0 aliphatic carbocycles. The molecule has 0 saturated heterocycles. The van der Waals surface area contributed by atoms with Gasteiger partial charge in [-0.2, -0.15) is 0 Å². The van der Waals surface area contributed by atoms with E-state index in [0.717, 1.165) is 0 Å². The number of ether oxygens (including phenoxy) is 2. The molecule has 0 bridgehead atoms. The summed E-state index contributed by atoms with van der Waals surface area (Å²) >= 11 is 12.1. The molecule has 1 N–H and O–H groups in total. The first-order valence-corrected chi connectivity index (χ1v) is 6.67. The summed E-state index contributed by atoms with van der Waals surface area (Å²) in [7, 11) is 3.03. The molecule has 1 unspecified atom stereocenters. The predicted octanol–water partition coefficient (Wildman–Crippen LogP) is 4.09. The van der Waals surface area contributed by atoms with E-state index < -0.39 is 6.10 Å². The molecule has 0 amide bonds. The van der Waals surface area contributed by atoms with Crippen LogP contribution in [0.1, 0.15) is 17.2 Å². The minimum atomic E-state index is -0.842. The highest BCUT2D eigenvalue weighted by molar-refractivity contribution is 6.32. The lowest BCUT2D eigenvalue weighted by molar-refractivity contribution is 0.219. The zero-order valence-corrected chi connectivity index (χ0v) is 12.6. The topological polar surface area (TPSA) is 38.7 Å². The fourth-order valence-corrected chi connectivity index (χ4v) is 2.46. The van der Waals surface area contributed by atoms with Crippen LogP contribution in [0.3, 0.4) is 0 Å². The van der Waals surface area contributed by atoms with Gasteiger partial charge in [0.25, 0.3) is 0 Å². The van der Waals surface area contributed by atoms with Crippen LogP contribution in [0.4, 0.5) is 0 Å². The molecule has 0 aromatic heterocycles. The lowest BCUT2D eigenvalue weighted by Crippen LogP contribution is -2.01. The largest absolute Gasteiger partial charge is 0.493 e. The maximum absolute atomic E-state index is 10.4. The van der Waals surface area contributed by atoms with Gasteiger partial charge >= 0.3 is 0 Å². The first-order valence-electron chi connectivity index (χ1n) is 5.91. The van der Waals surface area contributed by atoms with Gasteiger partial charge in [-0.1, -0.05) is 35.3 Å². The smallest absolute Gasteiger partial charge is 0.179 e. The van der Waals surface area contributed by atoms with E-state index in [1.54, 1.807) is 36.4 Å². The summed E-state index contributed by atoms with van der Waals surface area (Å²) in [4.78, 5) is 0. The van der Waals surface area contributed by atoms with E-state index in [0.29, 0.717) is 32.7 Å².